The average molecular weight is 288 g/mol. The fourth-order valence-corrected chi connectivity index (χ4v) is 1.47. The molecule has 0 atom stereocenters. The van der Waals surface area contributed by atoms with E-state index in [9.17, 15) is 9.59 Å². The molecule has 6 nitrogen and oxygen atoms in total. The third-order valence-electron chi connectivity index (χ3n) is 2.46. The van der Waals surface area contributed by atoms with Crippen molar-refractivity contribution in [3.05, 3.63) is 35.4 Å². The molecule has 6 heteroatoms. The van der Waals surface area contributed by atoms with E-state index in [1.807, 2.05) is 6.92 Å². The molecule has 0 fully saturated rings. The van der Waals surface area contributed by atoms with Gasteiger partial charge in [-0.2, -0.15) is 5.26 Å². The molecule has 1 aromatic rings. The largest absolute Gasteiger partial charge is 0.484 e. The molecule has 0 aliphatic heterocycles. The Hall–Kier alpha value is -2.81. The molecule has 21 heavy (non-hydrogen) atoms. The van der Waals surface area contributed by atoms with Crippen LogP contribution in [-0.4, -0.2) is 32.1 Å². The second-order valence-corrected chi connectivity index (χ2v) is 3.97. The van der Waals surface area contributed by atoms with E-state index in [0.29, 0.717) is 17.9 Å². The molecule has 1 amide bonds. The summed E-state index contributed by atoms with van der Waals surface area (Å²) in [6.07, 6.45) is 1.42. The number of nitrogens with one attached hydrogen (secondary N) is 1. The van der Waals surface area contributed by atoms with Gasteiger partial charge in [0.15, 0.2) is 6.61 Å². The number of methoxy groups -OCH3 is 1. The second kappa shape index (κ2) is 8.38. The van der Waals surface area contributed by atoms with E-state index in [-0.39, 0.29) is 18.1 Å². The van der Waals surface area contributed by atoms with Gasteiger partial charge < -0.3 is 14.8 Å². The minimum atomic E-state index is -0.686. The Morgan fingerprint density at radius 3 is 2.52 bits per heavy atom. The van der Waals surface area contributed by atoms with Crippen molar-refractivity contribution in [2.75, 3.05) is 20.3 Å². The SMILES string of the molecule is CCNC(=O)COc1ccc(/C=C(/C#N)C(=O)OC)cc1. The van der Waals surface area contributed by atoms with Crippen LogP contribution in [0.3, 0.4) is 0 Å². The normalized spacial score (nSPS) is 10.4. The predicted octanol–water partition coefficient (Wildman–Crippen LogP) is 1.28. The first-order valence-electron chi connectivity index (χ1n) is 6.30. The first-order valence-corrected chi connectivity index (χ1v) is 6.30. The monoisotopic (exact) mass is 288 g/mol. The van der Waals surface area contributed by atoms with Gasteiger partial charge in [-0.05, 0) is 30.7 Å². The number of carbonyl (C=O) groups is 2. The number of ether oxygens (including phenoxy) is 2. The van der Waals surface area contributed by atoms with E-state index in [1.54, 1.807) is 30.3 Å². The number of hydrogen-bond donors (Lipinski definition) is 1. The van der Waals surface area contributed by atoms with Gasteiger partial charge in [0.1, 0.15) is 17.4 Å². The molecule has 0 aromatic heterocycles. The van der Waals surface area contributed by atoms with Crippen LogP contribution < -0.4 is 10.1 Å². The summed E-state index contributed by atoms with van der Waals surface area (Å²) in [6.45, 7) is 2.32. The zero-order chi connectivity index (χ0) is 15.7. The van der Waals surface area contributed by atoms with Crippen LogP contribution in [0.15, 0.2) is 29.8 Å². The highest BCUT2D eigenvalue weighted by atomic mass is 16.5. The molecule has 0 bridgehead atoms. The maximum atomic E-state index is 11.3. The van der Waals surface area contributed by atoms with E-state index in [4.69, 9.17) is 10.00 Å². The second-order valence-electron chi connectivity index (χ2n) is 3.97. The number of amides is 1. The van der Waals surface area contributed by atoms with Gasteiger partial charge in [-0.15, -0.1) is 0 Å². The topological polar surface area (TPSA) is 88.4 Å². The van der Waals surface area contributed by atoms with Gasteiger partial charge >= 0.3 is 5.97 Å². The van der Waals surface area contributed by atoms with E-state index in [1.165, 1.54) is 13.2 Å². The lowest BCUT2D eigenvalue weighted by Crippen LogP contribution is -2.28. The van der Waals surface area contributed by atoms with E-state index < -0.39 is 5.97 Å². The molecule has 1 aromatic carbocycles. The summed E-state index contributed by atoms with van der Waals surface area (Å²) in [5.74, 6) is -0.358. The third-order valence-corrected chi connectivity index (χ3v) is 2.46. The Kier molecular flexibility index (Phi) is 6.48. The van der Waals surface area contributed by atoms with Gasteiger partial charge in [-0.3, -0.25) is 4.79 Å². The van der Waals surface area contributed by atoms with Crippen molar-refractivity contribution in [3.63, 3.8) is 0 Å². The number of hydrogen-bond acceptors (Lipinski definition) is 5. The zero-order valence-electron chi connectivity index (χ0n) is 11.9. The minimum absolute atomic E-state index is 0.0609. The van der Waals surface area contributed by atoms with Gasteiger partial charge in [0.2, 0.25) is 0 Å². The number of esters is 1. The quantitative estimate of drug-likeness (QED) is 0.484. The molecule has 0 radical (unpaired) electrons. The van der Waals surface area contributed by atoms with Crippen LogP contribution in [0.25, 0.3) is 6.08 Å². The molecule has 0 aliphatic carbocycles. The molecule has 0 spiro atoms. The Morgan fingerprint density at radius 1 is 1.33 bits per heavy atom. The van der Waals surface area contributed by atoms with Gasteiger partial charge in [-0.25, -0.2) is 4.79 Å². The number of likely N-dealkylation sites (N-methyl/N-ethyl adjacent to an activating group) is 1. The minimum Gasteiger partial charge on any atom is -0.484 e. The number of nitrogens with zero attached hydrogens (tertiary/aromatic N) is 1. The molecule has 1 N–H and O–H groups in total. The summed E-state index contributed by atoms with van der Waals surface area (Å²) >= 11 is 0. The van der Waals surface area contributed by atoms with Gasteiger partial charge in [-0.1, -0.05) is 12.1 Å². The first-order chi connectivity index (χ1) is 10.1. The van der Waals surface area contributed by atoms with Gasteiger partial charge in [0, 0.05) is 6.54 Å². The van der Waals surface area contributed by atoms with Crippen molar-refractivity contribution in [1.29, 1.82) is 5.26 Å². The van der Waals surface area contributed by atoms with Crippen LogP contribution in [0.5, 0.6) is 5.75 Å². The van der Waals surface area contributed by atoms with Crippen molar-refractivity contribution in [2.24, 2.45) is 0 Å². The Morgan fingerprint density at radius 2 is 2.00 bits per heavy atom. The Balaban J connectivity index is 2.70. The summed E-state index contributed by atoms with van der Waals surface area (Å²) < 4.78 is 9.77. The first kappa shape index (κ1) is 16.2. The summed E-state index contributed by atoms with van der Waals surface area (Å²) in [4.78, 5) is 22.5. The number of benzene rings is 1. The summed E-state index contributed by atoms with van der Waals surface area (Å²) in [5.41, 5.74) is 0.566. The molecule has 0 saturated carbocycles. The van der Waals surface area contributed by atoms with E-state index >= 15 is 0 Å². The summed E-state index contributed by atoms with van der Waals surface area (Å²) in [5, 5.41) is 11.5. The van der Waals surface area contributed by atoms with Crippen LogP contribution >= 0.6 is 0 Å². The molecule has 0 heterocycles. The molecular weight excluding hydrogens is 272 g/mol. The number of carbonyl (C=O) groups excluding carboxylic acids is 2. The highest BCUT2D eigenvalue weighted by molar-refractivity contribution is 5.97. The number of nitriles is 1. The molecule has 0 aliphatic rings. The molecule has 0 saturated heterocycles. The van der Waals surface area contributed by atoms with Crippen LogP contribution in [0, 0.1) is 11.3 Å². The van der Waals surface area contributed by atoms with Crippen LogP contribution in [0.1, 0.15) is 12.5 Å². The van der Waals surface area contributed by atoms with Crippen LogP contribution in [-0.2, 0) is 14.3 Å². The Labute approximate surface area is 123 Å². The summed E-state index contributed by atoms with van der Waals surface area (Å²) in [7, 11) is 1.21. The Bertz CT molecular complexity index is 570. The van der Waals surface area contributed by atoms with Crippen molar-refractivity contribution in [1.82, 2.24) is 5.32 Å². The lowest BCUT2D eigenvalue weighted by atomic mass is 10.1. The fourth-order valence-electron chi connectivity index (χ4n) is 1.47. The lowest BCUT2D eigenvalue weighted by molar-refractivity contribution is -0.135. The maximum Gasteiger partial charge on any atom is 0.348 e. The number of rotatable bonds is 6. The molecule has 0 unspecified atom stereocenters. The van der Waals surface area contributed by atoms with Crippen molar-refractivity contribution in [3.8, 4) is 11.8 Å². The van der Waals surface area contributed by atoms with Crippen LogP contribution in [0.4, 0.5) is 0 Å². The third kappa shape index (κ3) is 5.37. The van der Waals surface area contributed by atoms with Crippen molar-refractivity contribution < 1.29 is 19.1 Å². The fraction of sp³-hybridized carbons (Fsp3) is 0.267. The zero-order valence-corrected chi connectivity index (χ0v) is 11.9. The van der Waals surface area contributed by atoms with E-state index in [0.717, 1.165) is 0 Å². The van der Waals surface area contributed by atoms with Gasteiger partial charge in [0.05, 0.1) is 7.11 Å². The molecular formula is C15H16N2O4. The molecule has 110 valence electrons. The molecule has 1 rings (SSSR count). The van der Waals surface area contributed by atoms with Gasteiger partial charge in [0.25, 0.3) is 5.91 Å². The maximum absolute atomic E-state index is 11.3. The van der Waals surface area contributed by atoms with E-state index in [2.05, 4.69) is 10.1 Å². The highest BCUT2D eigenvalue weighted by Gasteiger charge is 2.08. The van der Waals surface area contributed by atoms with Crippen molar-refractivity contribution >= 4 is 18.0 Å². The average Bonchev–Trinajstić information content (AvgIpc) is 2.51. The highest BCUT2D eigenvalue weighted by Crippen LogP contribution is 2.14. The summed E-state index contributed by atoms with van der Waals surface area (Å²) in [6, 6.07) is 8.42. The predicted molar refractivity (Wildman–Crippen MR) is 76.2 cm³/mol. The van der Waals surface area contributed by atoms with Crippen LogP contribution in [0.2, 0.25) is 0 Å². The standard InChI is InChI=1S/C15H16N2O4/c1-3-17-14(18)10-21-13-6-4-11(5-7-13)8-12(9-16)15(19)20-2/h4-8H,3,10H2,1-2H3,(H,17,18)/b12-8-. The lowest BCUT2D eigenvalue weighted by Gasteiger charge is -2.06. The smallest absolute Gasteiger partial charge is 0.348 e. The van der Waals surface area contributed by atoms with Crippen molar-refractivity contribution in [2.45, 2.75) is 6.92 Å².